The molecule has 0 spiro atoms. The molecule has 0 aromatic carbocycles. The van der Waals surface area contributed by atoms with Crippen LogP contribution < -0.4 is 27.0 Å². The van der Waals surface area contributed by atoms with Crippen LogP contribution in [0.3, 0.4) is 0 Å². The molecule has 1 aromatic rings. The number of aryl methyl sites for hydroxylation is 1. The average molecular weight is 357 g/mol. The molecular weight excluding hydrogens is 332 g/mol. The first-order valence-electron chi connectivity index (χ1n) is 7.41. The van der Waals surface area contributed by atoms with Gasteiger partial charge in [-0.3, -0.25) is 10.2 Å². The minimum Gasteiger partial charge on any atom is -1.00 e. The van der Waals surface area contributed by atoms with Crippen LogP contribution in [0.2, 0.25) is 0 Å². The molecule has 0 saturated carbocycles. The van der Waals surface area contributed by atoms with E-state index in [0.717, 1.165) is 45.6 Å². The van der Waals surface area contributed by atoms with Gasteiger partial charge in [0, 0.05) is 51.2 Å². The van der Waals surface area contributed by atoms with Gasteiger partial charge >= 0.3 is 0 Å². The Hall–Kier alpha value is -0.980. The molecule has 6 heteroatoms. The van der Waals surface area contributed by atoms with Crippen LogP contribution in [0.1, 0.15) is 19.3 Å². The number of nitrogens with one attached hydrogen (secondary N) is 1. The fourth-order valence-corrected chi connectivity index (χ4v) is 2.31. The summed E-state index contributed by atoms with van der Waals surface area (Å²) in [7, 11) is 2.11. The van der Waals surface area contributed by atoms with Gasteiger partial charge in [0.25, 0.3) is 0 Å². The van der Waals surface area contributed by atoms with Gasteiger partial charge in [-0.15, -0.1) is 0 Å². The van der Waals surface area contributed by atoms with Gasteiger partial charge in [0.1, 0.15) is 6.54 Å². The van der Waals surface area contributed by atoms with E-state index < -0.39 is 0 Å². The van der Waals surface area contributed by atoms with Crippen LogP contribution in [0.15, 0.2) is 30.6 Å². The van der Waals surface area contributed by atoms with Gasteiger partial charge in [0.05, 0.1) is 0 Å². The highest BCUT2D eigenvalue weighted by atomic mass is 79.9. The molecule has 1 N–H and O–H groups in total. The minimum absolute atomic E-state index is 0. The third-order valence-corrected chi connectivity index (χ3v) is 3.63. The van der Waals surface area contributed by atoms with E-state index in [9.17, 15) is 4.79 Å². The van der Waals surface area contributed by atoms with Crippen molar-refractivity contribution in [1.29, 1.82) is 0 Å². The molecule has 1 aliphatic heterocycles. The second kappa shape index (κ2) is 9.87. The predicted octanol–water partition coefficient (Wildman–Crippen LogP) is -2.57. The maximum absolute atomic E-state index is 11.8. The first-order chi connectivity index (χ1) is 9.74. The highest BCUT2D eigenvalue weighted by Crippen LogP contribution is 1.99. The number of aromatic nitrogens is 1. The number of rotatable bonds is 6. The molecule has 2 rings (SSSR count). The van der Waals surface area contributed by atoms with Crippen LogP contribution in [-0.4, -0.2) is 49.0 Å². The van der Waals surface area contributed by atoms with Gasteiger partial charge in [0.15, 0.2) is 12.4 Å². The zero-order chi connectivity index (χ0) is 14.2. The number of hydrogen-bond acceptors (Lipinski definition) is 3. The second-order valence-electron chi connectivity index (χ2n) is 5.40. The number of halogens is 1. The SMILES string of the molecule is CN1CCN(NC(=O)CCCC[n+]2ccccc2)CC1.[Br-]. The Kier molecular flexibility index (Phi) is 8.49. The first-order valence-corrected chi connectivity index (χ1v) is 7.41. The lowest BCUT2D eigenvalue weighted by molar-refractivity contribution is -0.697. The molecule has 1 saturated heterocycles. The summed E-state index contributed by atoms with van der Waals surface area (Å²) in [6.45, 7) is 4.85. The molecule has 0 unspecified atom stereocenters. The molecule has 2 heterocycles. The van der Waals surface area contributed by atoms with Crippen LogP contribution in [0, 0.1) is 0 Å². The molecule has 0 aliphatic carbocycles. The van der Waals surface area contributed by atoms with E-state index in [2.05, 4.69) is 34.3 Å². The number of carbonyl (C=O) groups is 1. The normalized spacial score (nSPS) is 16.2. The second-order valence-corrected chi connectivity index (χ2v) is 5.40. The van der Waals surface area contributed by atoms with E-state index in [1.165, 1.54) is 0 Å². The molecule has 1 aromatic heterocycles. The van der Waals surface area contributed by atoms with Gasteiger partial charge in [-0.25, -0.2) is 9.58 Å². The quantitative estimate of drug-likeness (QED) is 0.449. The van der Waals surface area contributed by atoms with Crippen molar-refractivity contribution in [2.45, 2.75) is 25.8 Å². The monoisotopic (exact) mass is 356 g/mol. The summed E-state index contributed by atoms with van der Waals surface area (Å²) >= 11 is 0. The Labute approximate surface area is 137 Å². The van der Waals surface area contributed by atoms with Gasteiger partial charge in [-0.2, -0.15) is 0 Å². The zero-order valence-corrected chi connectivity index (χ0v) is 14.3. The fraction of sp³-hybridized carbons (Fsp3) is 0.600. The number of piperazine rings is 1. The molecule has 1 amide bonds. The van der Waals surface area contributed by atoms with E-state index in [4.69, 9.17) is 0 Å². The first kappa shape index (κ1) is 18.1. The molecule has 1 fully saturated rings. The smallest absolute Gasteiger partial charge is 0.234 e. The number of amides is 1. The Balaban J connectivity index is 0.00000220. The van der Waals surface area contributed by atoms with Crippen LogP contribution in [0.5, 0.6) is 0 Å². The maximum Gasteiger partial charge on any atom is 0.234 e. The third-order valence-electron chi connectivity index (χ3n) is 3.63. The van der Waals surface area contributed by atoms with Gasteiger partial charge in [0.2, 0.25) is 5.91 Å². The number of nitrogens with zero attached hydrogens (tertiary/aromatic N) is 3. The lowest BCUT2D eigenvalue weighted by atomic mass is 10.2. The van der Waals surface area contributed by atoms with Crippen molar-refractivity contribution in [2.24, 2.45) is 0 Å². The van der Waals surface area contributed by atoms with Crippen LogP contribution >= 0.6 is 0 Å². The molecule has 0 radical (unpaired) electrons. The molecule has 0 atom stereocenters. The highest BCUT2D eigenvalue weighted by Gasteiger charge is 2.15. The van der Waals surface area contributed by atoms with Crippen molar-refractivity contribution in [3.63, 3.8) is 0 Å². The van der Waals surface area contributed by atoms with Gasteiger partial charge in [-0.1, -0.05) is 6.07 Å². The summed E-state index contributed by atoms with van der Waals surface area (Å²) in [4.78, 5) is 14.1. The highest BCUT2D eigenvalue weighted by molar-refractivity contribution is 5.75. The molecule has 1 aliphatic rings. The summed E-state index contributed by atoms with van der Waals surface area (Å²) in [5.74, 6) is 0.146. The minimum atomic E-state index is 0. The number of likely N-dealkylation sites (N-methyl/N-ethyl adjacent to an activating group) is 1. The Bertz CT molecular complexity index is 407. The molecular formula is C15H25BrN4O. The molecule has 21 heavy (non-hydrogen) atoms. The van der Waals surface area contributed by atoms with E-state index >= 15 is 0 Å². The number of unbranched alkanes of at least 4 members (excludes halogenated alkanes) is 1. The Morgan fingerprint density at radius 3 is 2.43 bits per heavy atom. The predicted molar refractivity (Wildman–Crippen MR) is 77.7 cm³/mol. The van der Waals surface area contributed by atoms with Crippen molar-refractivity contribution in [3.05, 3.63) is 30.6 Å². The van der Waals surface area contributed by atoms with E-state index in [0.29, 0.717) is 6.42 Å². The van der Waals surface area contributed by atoms with Crippen molar-refractivity contribution < 1.29 is 26.3 Å². The fourth-order valence-electron chi connectivity index (χ4n) is 2.31. The number of pyridine rings is 1. The Morgan fingerprint density at radius 1 is 1.10 bits per heavy atom. The van der Waals surface area contributed by atoms with Crippen molar-refractivity contribution in [3.8, 4) is 0 Å². The zero-order valence-electron chi connectivity index (χ0n) is 12.7. The summed E-state index contributed by atoms with van der Waals surface area (Å²) in [5, 5.41) is 2.04. The van der Waals surface area contributed by atoms with E-state index in [-0.39, 0.29) is 22.9 Å². The van der Waals surface area contributed by atoms with Crippen molar-refractivity contribution in [1.82, 2.24) is 15.3 Å². The number of hydrogen-bond donors (Lipinski definition) is 1. The van der Waals surface area contributed by atoms with Crippen molar-refractivity contribution in [2.75, 3.05) is 33.2 Å². The standard InChI is InChI=1S/C15H24N4O.BrH/c1-17-11-13-19(14-12-17)16-15(20)7-3-6-10-18-8-4-2-5-9-18;/h2,4-5,8-9H,3,6-7,10-14H2,1H3;1H. The largest absolute Gasteiger partial charge is 1.00 e. The topological polar surface area (TPSA) is 39.5 Å². The Morgan fingerprint density at radius 2 is 1.76 bits per heavy atom. The third kappa shape index (κ3) is 7.02. The lowest BCUT2D eigenvalue weighted by Crippen LogP contribution is -3.00. The van der Waals surface area contributed by atoms with Gasteiger partial charge < -0.3 is 21.9 Å². The summed E-state index contributed by atoms with van der Waals surface area (Å²) < 4.78 is 2.15. The van der Waals surface area contributed by atoms with Gasteiger partial charge in [-0.05, 0) is 13.5 Å². The maximum atomic E-state index is 11.8. The summed E-state index contributed by atoms with van der Waals surface area (Å²) in [5.41, 5.74) is 3.00. The molecule has 118 valence electrons. The van der Waals surface area contributed by atoms with E-state index in [1.807, 2.05) is 23.2 Å². The van der Waals surface area contributed by atoms with E-state index in [1.54, 1.807) is 0 Å². The van der Waals surface area contributed by atoms with Crippen LogP contribution in [0.25, 0.3) is 0 Å². The van der Waals surface area contributed by atoms with Crippen molar-refractivity contribution >= 4 is 5.91 Å². The summed E-state index contributed by atoms with van der Waals surface area (Å²) in [6.07, 6.45) is 6.70. The number of hydrazine groups is 1. The average Bonchev–Trinajstić information content (AvgIpc) is 2.47. The molecule has 5 nitrogen and oxygen atoms in total. The summed E-state index contributed by atoms with van der Waals surface area (Å²) in [6, 6.07) is 6.07. The van der Waals surface area contributed by atoms with Crippen LogP contribution in [0.4, 0.5) is 0 Å². The lowest BCUT2D eigenvalue weighted by Gasteiger charge is -2.32. The molecule has 0 bridgehead atoms. The number of carbonyl (C=O) groups excluding carboxylic acids is 1. The van der Waals surface area contributed by atoms with Crippen LogP contribution in [-0.2, 0) is 11.3 Å².